The summed E-state index contributed by atoms with van der Waals surface area (Å²) in [7, 11) is 0. The highest BCUT2D eigenvalue weighted by molar-refractivity contribution is 5.96. The molecule has 0 unspecified atom stereocenters. The van der Waals surface area contributed by atoms with Crippen LogP contribution in [0.25, 0.3) is 0 Å². The zero-order valence-electron chi connectivity index (χ0n) is 17.1. The Morgan fingerprint density at radius 3 is 2.63 bits per heavy atom. The van der Waals surface area contributed by atoms with Gasteiger partial charge in [0, 0.05) is 18.2 Å². The summed E-state index contributed by atoms with van der Waals surface area (Å²) < 4.78 is 0. The molecule has 1 aliphatic heterocycles. The number of H-pyrrole nitrogens is 1. The van der Waals surface area contributed by atoms with Crippen molar-refractivity contribution < 1.29 is 14.4 Å². The molecular formula is C22H29N5O3. The van der Waals surface area contributed by atoms with Gasteiger partial charge in [0.15, 0.2) is 0 Å². The quantitative estimate of drug-likeness (QED) is 0.515. The van der Waals surface area contributed by atoms with Crippen LogP contribution in [0.4, 0.5) is 0 Å². The van der Waals surface area contributed by atoms with Crippen LogP contribution in [0.15, 0.2) is 6.07 Å². The summed E-state index contributed by atoms with van der Waals surface area (Å²) in [6, 6.07) is 2.56. The van der Waals surface area contributed by atoms with Crippen LogP contribution in [0.3, 0.4) is 0 Å². The Kier molecular flexibility index (Phi) is 6.07. The average molecular weight is 412 g/mol. The van der Waals surface area contributed by atoms with Gasteiger partial charge < -0.3 is 20.9 Å². The molecule has 8 nitrogen and oxygen atoms in total. The van der Waals surface area contributed by atoms with Gasteiger partial charge in [0.1, 0.15) is 17.8 Å². The molecule has 1 saturated carbocycles. The van der Waals surface area contributed by atoms with Crippen molar-refractivity contribution in [3.63, 3.8) is 0 Å². The minimum absolute atomic E-state index is 0.0666. The van der Waals surface area contributed by atoms with Gasteiger partial charge >= 0.3 is 0 Å². The lowest BCUT2D eigenvalue weighted by Gasteiger charge is -2.21. The SMILES string of the molecule is N#C[C@H](C[C@@H]1CCNC1=O)NC(=O)[C@H](CC1CC1)NC(=O)c1cc2c([nH]1)CCCC2. The zero-order chi connectivity index (χ0) is 21.1. The van der Waals surface area contributed by atoms with Gasteiger partial charge in [0.25, 0.3) is 5.91 Å². The fourth-order valence-corrected chi connectivity index (χ4v) is 4.45. The minimum Gasteiger partial charge on any atom is -0.356 e. The van der Waals surface area contributed by atoms with Crippen molar-refractivity contribution in [3.05, 3.63) is 23.0 Å². The molecule has 1 aromatic rings. The van der Waals surface area contributed by atoms with Crippen molar-refractivity contribution in [2.45, 2.75) is 69.9 Å². The second kappa shape index (κ2) is 8.90. The molecule has 2 fully saturated rings. The van der Waals surface area contributed by atoms with Gasteiger partial charge in [0.05, 0.1) is 6.07 Å². The molecule has 1 saturated heterocycles. The monoisotopic (exact) mass is 411 g/mol. The third-order valence-electron chi connectivity index (χ3n) is 6.40. The second-order valence-corrected chi connectivity index (χ2v) is 8.80. The maximum atomic E-state index is 12.9. The molecule has 0 spiro atoms. The van der Waals surface area contributed by atoms with E-state index in [1.807, 2.05) is 6.07 Å². The molecule has 0 radical (unpaired) electrons. The van der Waals surface area contributed by atoms with Crippen LogP contribution in [0.1, 0.15) is 66.7 Å². The van der Waals surface area contributed by atoms with Crippen LogP contribution in [0.5, 0.6) is 0 Å². The average Bonchev–Trinajstić information content (AvgIpc) is 3.30. The fraction of sp³-hybridized carbons (Fsp3) is 0.636. The summed E-state index contributed by atoms with van der Waals surface area (Å²) in [4.78, 5) is 40.7. The molecule has 3 amide bonds. The van der Waals surface area contributed by atoms with Gasteiger partial charge in [0.2, 0.25) is 11.8 Å². The number of fused-ring (bicyclic) bond motifs is 1. The van der Waals surface area contributed by atoms with Crippen molar-refractivity contribution in [2.75, 3.05) is 6.54 Å². The van der Waals surface area contributed by atoms with E-state index in [0.29, 0.717) is 37.4 Å². The van der Waals surface area contributed by atoms with Crippen LogP contribution in [-0.4, -0.2) is 41.3 Å². The Morgan fingerprint density at radius 2 is 1.97 bits per heavy atom. The number of carbonyl (C=O) groups excluding carboxylic acids is 3. The van der Waals surface area contributed by atoms with Gasteiger partial charge in [-0.2, -0.15) is 5.26 Å². The fourth-order valence-electron chi connectivity index (χ4n) is 4.45. The summed E-state index contributed by atoms with van der Waals surface area (Å²) in [6.45, 7) is 0.607. The van der Waals surface area contributed by atoms with Crippen LogP contribution < -0.4 is 16.0 Å². The van der Waals surface area contributed by atoms with Crippen LogP contribution >= 0.6 is 0 Å². The third kappa shape index (κ3) is 4.84. The lowest BCUT2D eigenvalue weighted by atomic mass is 9.98. The van der Waals surface area contributed by atoms with Crippen LogP contribution in [0.2, 0.25) is 0 Å². The Hall–Kier alpha value is -2.82. The highest BCUT2D eigenvalue weighted by atomic mass is 16.2. The van der Waals surface area contributed by atoms with Crippen molar-refractivity contribution in [1.82, 2.24) is 20.9 Å². The number of amides is 3. The topological polar surface area (TPSA) is 127 Å². The second-order valence-electron chi connectivity index (χ2n) is 8.80. The number of aromatic amines is 1. The molecule has 4 N–H and O–H groups in total. The number of rotatable bonds is 8. The molecule has 2 aliphatic carbocycles. The Balaban J connectivity index is 1.39. The summed E-state index contributed by atoms with van der Waals surface area (Å²) in [5.74, 6) is -0.524. The number of nitrogens with zero attached hydrogens (tertiary/aromatic N) is 1. The van der Waals surface area contributed by atoms with E-state index in [9.17, 15) is 19.6 Å². The van der Waals surface area contributed by atoms with Crippen molar-refractivity contribution in [2.24, 2.45) is 11.8 Å². The predicted molar refractivity (Wildman–Crippen MR) is 109 cm³/mol. The normalized spacial score (nSPS) is 22.4. The first kappa shape index (κ1) is 20.5. The lowest BCUT2D eigenvalue weighted by molar-refractivity contribution is -0.125. The molecular weight excluding hydrogens is 382 g/mol. The Bertz CT molecular complexity index is 843. The summed E-state index contributed by atoms with van der Waals surface area (Å²) in [6.07, 6.45) is 7.83. The number of nitriles is 1. The molecule has 30 heavy (non-hydrogen) atoms. The van der Waals surface area contributed by atoms with E-state index in [0.717, 1.165) is 44.2 Å². The number of aryl methyl sites for hydroxylation is 2. The number of carbonyl (C=O) groups is 3. The maximum Gasteiger partial charge on any atom is 0.268 e. The Morgan fingerprint density at radius 1 is 1.17 bits per heavy atom. The van der Waals surface area contributed by atoms with E-state index in [1.54, 1.807) is 0 Å². The van der Waals surface area contributed by atoms with Gasteiger partial charge in [-0.3, -0.25) is 14.4 Å². The van der Waals surface area contributed by atoms with Gasteiger partial charge in [-0.15, -0.1) is 0 Å². The standard InChI is InChI=1S/C22H29N5O3/c23-12-16(10-15-7-8-24-20(15)28)25-21(29)18(9-13-5-6-13)27-22(30)19-11-14-3-1-2-4-17(14)26-19/h11,13,15-16,18,26H,1-10H2,(H,24,28)(H,25,29)(H,27,30)/t15-,16-,18-/m0/s1. The first-order valence-corrected chi connectivity index (χ1v) is 11.0. The summed E-state index contributed by atoms with van der Waals surface area (Å²) in [5, 5.41) is 17.8. The number of nitrogens with one attached hydrogen (secondary N) is 4. The van der Waals surface area contributed by atoms with E-state index in [-0.39, 0.29) is 23.6 Å². The lowest BCUT2D eigenvalue weighted by Crippen LogP contribution is -2.50. The highest BCUT2D eigenvalue weighted by Crippen LogP contribution is 2.33. The number of hydrogen-bond acceptors (Lipinski definition) is 4. The molecule has 2 heterocycles. The van der Waals surface area contributed by atoms with Crippen molar-refractivity contribution in [3.8, 4) is 6.07 Å². The van der Waals surface area contributed by atoms with E-state index in [2.05, 4.69) is 27.0 Å². The van der Waals surface area contributed by atoms with E-state index < -0.39 is 12.1 Å². The first-order valence-electron chi connectivity index (χ1n) is 11.0. The molecule has 0 bridgehead atoms. The van der Waals surface area contributed by atoms with E-state index >= 15 is 0 Å². The molecule has 8 heteroatoms. The Labute approximate surface area is 176 Å². The minimum atomic E-state index is -0.747. The van der Waals surface area contributed by atoms with Gasteiger partial charge in [-0.1, -0.05) is 12.8 Å². The third-order valence-corrected chi connectivity index (χ3v) is 6.40. The number of aromatic nitrogens is 1. The van der Waals surface area contributed by atoms with Crippen LogP contribution in [-0.2, 0) is 22.4 Å². The maximum absolute atomic E-state index is 12.9. The molecule has 0 aromatic carbocycles. The smallest absolute Gasteiger partial charge is 0.268 e. The number of hydrogen-bond donors (Lipinski definition) is 4. The highest BCUT2D eigenvalue weighted by Gasteiger charge is 2.33. The van der Waals surface area contributed by atoms with Gasteiger partial charge in [-0.25, -0.2) is 0 Å². The van der Waals surface area contributed by atoms with E-state index in [4.69, 9.17) is 0 Å². The van der Waals surface area contributed by atoms with Crippen molar-refractivity contribution in [1.29, 1.82) is 5.26 Å². The molecule has 160 valence electrons. The largest absolute Gasteiger partial charge is 0.356 e. The predicted octanol–water partition coefficient (Wildman–Crippen LogP) is 1.33. The van der Waals surface area contributed by atoms with E-state index in [1.165, 1.54) is 5.56 Å². The van der Waals surface area contributed by atoms with Gasteiger partial charge in [-0.05, 0) is 62.5 Å². The van der Waals surface area contributed by atoms with Crippen LogP contribution in [0, 0.1) is 23.2 Å². The summed E-state index contributed by atoms with van der Waals surface area (Å²) in [5.41, 5.74) is 2.80. The molecule has 3 aliphatic rings. The molecule has 4 rings (SSSR count). The zero-order valence-corrected chi connectivity index (χ0v) is 17.1. The molecule has 1 aromatic heterocycles. The molecule has 3 atom stereocenters. The first-order chi connectivity index (χ1) is 14.5. The van der Waals surface area contributed by atoms with Crippen molar-refractivity contribution >= 4 is 17.7 Å². The summed E-state index contributed by atoms with van der Waals surface area (Å²) >= 11 is 0.